The first-order valence-corrected chi connectivity index (χ1v) is 8.51. The molecule has 26 heavy (non-hydrogen) atoms. The van der Waals surface area contributed by atoms with Gasteiger partial charge in [-0.3, -0.25) is 0 Å². The molecule has 2 N–H and O–H groups in total. The Labute approximate surface area is 150 Å². The molecule has 1 aromatic heterocycles. The van der Waals surface area contributed by atoms with E-state index in [0.29, 0.717) is 6.54 Å². The van der Waals surface area contributed by atoms with Gasteiger partial charge >= 0.3 is 12.0 Å². The van der Waals surface area contributed by atoms with E-state index in [9.17, 15) is 13.6 Å². The zero-order chi connectivity index (χ0) is 18.4. The van der Waals surface area contributed by atoms with E-state index in [2.05, 4.69) is 20.6 Å². The van der Waals surface area contributed by atoms with Crippen LogP contribution in [0.4, 0.5) is 13.6 Å². The molecule has 8 heteroatoms. The molecule has 1 fully saturated rings. The molecule has 138 valence electrons. The lowest BCUT2D eigenvalue weighted by atomic mass is 9.93. The topological polar surface area (TPSA) is 76.1 Å². The standard InChI is InChI=1S/C18H20F2N4O2/c19-13-3-1-12(2-4-13)9-21-17(25)24-15-5-7-16(8-6-15)26-18-22-10-14(20)11-23-18/h1-4,10-11,15-16H,5-9H2,(H2,21,24,25). The molecule has 1 aromatic carbocycles. The van der Waals surface area contributed by atoms with Gasteiger partial charge in [-0.15, -0.1) is 0 Å². The van der Waals surface area contributed by atoms with Crippen LogP contribution in [0.5, 0.6) is 6.01 Å². The van der Waals surface area contributed by atoms with Crippen LogP contribution in [0.2, 0.25) is 0 Å². The van der Waals surface area contributed by atoms with Gasteiger partial charge in [-0.1, -0.05) is 12.1 Å². The van der Waals surface area contributed by atoms with E-state index in [1.807, 2.05) is 0 Å². The van der Waals surface area contributed by atoms with E-state index in [1.54, 1.807) is 12.1 Å². The van der Waals surface area contributed by atoms with Gasteiger partial charge in [-0.05, 0) is 43.4 Å². The highest BCUT2D eigenvalue weighted by molar-refractivity contribution is 5.74. The van der Waals surface area contributed by atoms with Crippen LogP contribution in [0, 0.1) is 11.6 Å². The minimum Gasteiger partial charge on any atom is -0.460 e. The van der Waals surface area contributed by atoms with Crippen molar-refractivity contribution in [2.45, 2.75) is 44.4 Å². The van der Waals surface area contributed by atoms with Crippen molar-refractivity contribution in [3.05, 3.63) is 53.9 Å². The highest BCUT2D eigenvalue weighted by Gasteiger charge is 2.24. The van der Waals surface area contributed by atoms with Crippen LogP contribution >= 0.6 is 0 Å². The fourth-order valence-corrected chi connectivity index (χ4v) is 2.86. The van der Waals surface area contributed by atoms with E-state index in [1.165, 1.54) is 12.1 Å². The average molecular weight is 362 g/mol. The van der Waals surface area contributed by atoms with Crippen LogP contribution in [0.15, 0.2) is 36.7 Å². The molecular formula is C18H20F2N4O2. The first kappa shape index (κ1) is 18.0. The Morgan fingerprint density at radius 3 is 2.35 bits per heavy atom. The molecule has 1 heterocycles. The molecule has 2 amide bonds. The summed E-state index contributed by atoms with van der Waals surface area (Å²) in [4.78, 5) is 19.5. The molecule has 1 aliphatic carbocycles. The molecule has 0 radical (unpaired) electrons. The Kier molecular flexibility index (Phi) is 5.93. The van der Waals surface area contributed by atoms with E-state index >= 15 is 0 Å². The number of halogens is 2. The van der Waals surface area contributed by atoms with Crippen LogP contribution < -0.4 is 15.4 Å². The average Bonchev–Trinajstić information content (AvgIpc) is 2.65. The monoisotopic (exact) mass is 362 g/mol. The summed E-state index contributed by atoms with van der Waals surface area (Å²) in [5.41, 5.74) is 0.831. The number of hydrogen-bond donors (Lipinski definition) is 2. The van der Waals surface area contributed by atoms with Crippen molar-refractivity contribution >= 4 is 6.03 Å². The Morgan fingerprint density at radius 2 is 1.69 bits per heavy atom. The van der Waals surface area contributed by atoms with Crippen molar-refractivity contribution in [3.8, 4) is 6.01 Å². The van der Waals surface area contributed by atoms with Crippen molar-refractivity contribution < 1.29 is 18.3 Å². The number of aromatic nitrogens is 2. The van der Waals surface area contributed by atoms with Crippen molar-refractivity contribution in [1.29, 1.82) is 0 Å². The van der Waals surface area contributed by atoms with Crippen molar-refractivity contribution in [2.75, 3.05) is 0 Å². The Balaban J connectivity index is 1.37. The Morgan fingerprint density at radius 1 is 1.04 bits per heavy atom. The van der Waals surface area contributed by atoms with Gasteiger partial charge in [0.1, 0.15) is 11.9 Å². The number of hydrogen-bond acceptors (Lipinski definition) is 4. The minimum absolute atomic E-state index is 0.0409. The van der Waals surface area contributed by atoms with E-state index in [-0.39, 0.29) is 30.0 Å². The summed E-state index contributed by atoms with van der Waals surface area (Å²) in [7, 11) is 0. The zero-order valence-electron chi connectivity index (χ0n) is 14.1. The van der Waals surface area contributed by atoms with E-state index < -0.39 is 5.82 Å². The molecule has 1 saturated carbocycles. The molecule has 2 aromatic rings. The number of amides is 2. The number of ether oxygens (including phenoxy) is 1. The zero-order valence-corrected chi connectivity index (χ0v) is 14.1. The second kappa shape index (κ2) is 8.55. The van der Waals surface area contributed by atoms with Crippen molar-refractivity contribution in [3.63, 3.8) is 0 Å². The summed E-state index contributed by atoms with van der Waals surface area (Å²) < 4.78 is 31.3. The number of benzene rings is 1. The van der Waals surface area contributed by atoms with Crippen LogP contribution in [-0.4, -0.2) is 28.1 Å². The molecule has 0 unspecified atom stereocenters. The summed E-state index contributed by atoms with van der Waals surface area (Å²) in [6.45, 7) is 0.340. The highest BCUT2D eigenvalue weighted by Crippen LogP contribution is 2.22. The molecule has 3 rings (SSSR count). The lowest BCUT2D eigenvalue weighted by Gasteiger charge is -2.28. The summed E-state index contributed by atoms with van der Waals surface area (Å²) >= 11 is 0. The maximum absolute atomic E-state index is 12.8. The molecular weight excluding hydrogens is 342 g/mol. The predicted molar refractivity (Wildman–Crippen MR) is 90.4 cm³/mol. The molecule has 6 nitrogen and oxygen atoms in total. The van der Waals surface area contributed by atoms with Crippen LogP contribution in [-0.2, 0) is 6.54 Å². The maximum atomic E-state index is 12.8. The van der Waals surface area contributed by atoms with E-state index in [0.717, 1.165) is 43.6 Å². The third kappa shape index (κ3) is 5.37. The first-order chi connectivity index (χ1) is 12.6. The number of rotatable bonds is 5. The van der Waals surface area contributed by atoms with Gasteiger partial charge in [0.15, 0.2) is 5.82 Å². The van der Waals surface area contributed by atoms with Gasteiger partial charge in [0, 0.05) is 12.6 Å². The summed E-state index contributed by atoms with van der Waals surface area (Å²) in [5.74, 6) is -0.805. The minimum atomic E-state index is -0.503. The SMILES string of the molecule is O=C(NCc1ccc(F)cc1)NC1CCC(Oc2ncc(F)cn2)CC1. The Bertz CT molecular complexity index is 717. The highest BCUT2D eigenvalue weighted by atomic mass is 19.1. The fraction of sp³-hybridized carbons (Fsp3) is 0.389. The van der Waals surface area contributed by atoms with Gasteiger partial charge in [0.25, 0.3) is 0 Å². The molecule has 1 aliphatic rings. The lowest BCUT2D eigenvalue weighted by molar-refractivity contribution is 0.128. The molecule has 0 spiro atoms. The summed E-state index contributed by atoms with van der Waals surface area (Å²) in [6.07, 6.45) is 5.15. The van der Waals surface area contributed by atoms with Gasteiger partial charge in [0.2, 0.25) is 0 Å². The Hall–Kier alpha value is -2.77. The number of nitrogens with one attached hydrogen (secondary N) is 2. The second-order valence-electron chi connectivity index (χ2n) is 6.23. The van der Waals surface area contributed by atoms with Gasteiger partial charge in [-0.2, -0.15) is 0 Å². The number of urea groups is 1. The number of carbonyl (C=O) groups excluding carboxylic acids is 1. The lowest BCUT2D eigenvalue weighted by Crippen LogP contribution is -2.44. The number of nitrogens with zero attached hydrogens (tertiary/aromatic N) is 2. The summed E-state index contributed by atoms with van der Waals surface area (Å²) in [6, 6.07) is 5.98. The second-order valence-corrected chi connectivity index (χ2v) is 6.23. The molecule has 0 aliphatic heterocycles. The first-order valence-electron chi connectivity index (χ1n) is 8.51. The van der Waals surface area contributed by atoms with Crippen molar-refractivity contribution in [1.82, 2.24) is 20.6 Å². The third-order valence-electron chi connectivity index (χ3n) is 4.24. The maximum Gasteiger partial charge on any atom is 0.316 e. The predicted octanol–water partition coefficient (Wildman–Crippen LogP) is 2.94. The molecule has 0 saturated heterocycles. The largest absolute Gasteiger partial charge is 0.460 e. The smallest absolute Gasteiger partial charge is 0.316 e. The van der Waals surface area contributed by atoms with Gasteiger partial charge < -0.3 is 15.4 Å². The van der Waals surface area contributed by atoms with Gasteiger partial charge in [-0.25, -0.2) is 23.5 Å². The van der Waals surface area contributed by atoms with Gasteiger partial charge in [0.05, 0.1) is 12.4 Å². The van der Waals surface area contributed by atoms with Crippen LogP contribution in [0.3, 0.4) is 0 Å². The fourth-order valence-electron chi connectivity index (χ4n) is 2.86. The van der Waals surface area contributed by atoms with Crippen molar-refractivity contribution in [2.24, 2.45) is 0 Å². The van der Waals surface area contributed by atoms with Crippen LogP contribution in [0.25, 0.3) is 0 Å². The summed E-state index contributed by atoms with van der Waals surface area (Å²) in [5, 5.41) is 5.69. The van der Waals surface area contributed by atoms with E-state index in [4.69, 9.17) is 4.74 Å². The number of carbonyl (C=O) groups is 1. The molecule has 0 bridgehead atoms. The quantitative estimate of drug-likeness (QED) is 0.857. The normalized spacial score (nSPS) is 19.6. The third-order valence-corrected chi connectivity index (χ3v) is 4.24. The van der Waals surface area contributed by atoms with Crippen LogP contribution in [0.1, 0.15) is 31.2 Å². The molecule has 0 atom stereocenters.